The van der Waals surface area contributed by atoms with Gasteiger partial charge in [-0.3, -0.25) is 4.79 Å². The summed E-state index contributed by atoms with van der Waals surface area (Å²) in [6.45, 7) is 1.63. The number of esters is 1. The van der Waals surface area contributed by atoms with Crippen LogP contribution in [0.3, 0.4) is 0 Å². The highest BCUT2D eigenvalue weighted by Crippen LogP contribution is 2.31. The van der Waals surface area contributed by atoms with Gasteiger partial charge in [-0.05, 0) is 24.1 Å². The van der Waals surface area contributed by atoms with E-state index in [0.717, 1.165) is 17.7 Å². The maximum absolute atomic E-state index is 12.7. The highest BCUT2D eigenvalue weighted by Gasteiger charge is 2.31. The SMILES string of the molecule is C[C@H](C(=O)OCc1ccccc1)c1cccc(C(F)(F)F)c1. The number of benzene rings is 2. The molecule has 2 nitrogen and oxygen atoms in total. The lowest BCUT2D eigenvalue weighted by molar-refractivity contribution is -0.146. The zero-order chi connectivity index (χ0) is 16.2. The summed E-state index contributed by atoms with van der Waals surface area (Å²) in [6, 6.07) is 13.8. The Kier molecular flexibility index (Phi) is 4.85. The molecule has 0 spiro atoms. The third kappa shape index (κ3) is 4.10. The molecule has 0 heterocycles. The first-order valence-corrected chi connectivity index (χ1v) is 6.75. The Balaban J connectivity index is 2.04. The lowest BCUT2D eigenvalue weighted by Gasteiger charge is -2.14. The quantitative estimate of drug-likeness (QED) is 0.774. The van der Waals surface area contributed by atoms with Crippen molar-refractivity contribution in [1.82, 2.24) is 0 Å². The maximum Gasteiger partial charge on any atom is 0.416 e. The van der Waals surface area contributed by atoms with Crippen molar-refractivity contribution in [2.24, 2.45) is 0 Å². The minimum Gasteiger partial charge on any atom is -0.460 e. The van der Waals surface area contributed by atoms with Gasteiger partial charge >= 0.3 is 12.1 Å². The molecule has 0 aliphatic rings. The molecule has 0 saturated carbocycles. The van der Waals surface area contributed by atoms with E-state index in [1.54, 1.807) is 0 Å². The number of hydrogen-bond donors (Lipinski definition) is 0. The normalized spacial score (nSPS) is 12.7. The molecule has 0 bridgehead atoms. The van der Waals surface area contributed by atoms with Crippen molar-refractivity contribution in [3.05, 3.63) is 71.3 Å². The van der Waals surface area contributed by atoms with Crippen LogP contribution in [0.2, 0.25) is 0 Å². The third-order valence-electron chi connectivity index (χ3n) is 3.29. The predicted octanol–water partition coefficient (Wildman–Crippen LogP) is 4.55. The van der Waals surface area contributed by atoms with E-state index in [4.69, 9.17) is 4.74 Å². The fraction of sp³-hybridized carbons (Fsp3) is 0.235. The molecule has 0 fully saturated rings. The Morgan fingerprint density at radius 2 is 1.77 bits per heavy atom. The van der Waals surface area contributed by atoms with Gasteiger partial charge in [-0.2, -0.15) is 13.2 Å². The molecule has 0 aromatic heterocycles. The molecule has 0 saturated heterocycles. The van der Waals surface area contributed by atoms with E-state index in [2.05, 4.69) is 0 Å². The minimum atomic E-state index is -4.43. The molecular weight excluding hydrogens is 293 g/mol. The fourth-order valence-corrected chi connectivity index (χ4v) is 1.97. The number of rotatable bonds is 4. The lowest BCUT2D eigenvalue weighted by Crippen LogP contribution is -2.14. The number of carbonyl (C=O) groups excluding carboxylic acids is 1. The van der Waals surface area contributed by atoms with Gasteiger partial charge in [-0.25, -0.2) is 0 Å². The Morgan fingerprint density at radius 3 is 2.41 bits per heavy atom. The number of ether oxygens (including phenoxy) is 1. The molecule has 0 N–H and O–H groups in total. The van der Waals surface area contributed by atoms with Crippen LogP contribution in [0.15, 0.2) is 54.6 Å². The van der Waals surface area contributed by atoms with Gasteiger partial charge in [0.25, 0.3) is 0 Å². The molecule has 2 rings (SSSR count). The molecule has 0 unspecified atom stereocenters. The first-order chi connectivity index (χ1) is 10.4. The zero-order valence-corrected chi connectivity index (χ0v) is 11.9. The van der Waals surface area contributed by atoms with E-state index in [1.807, 2.05) is 30.3 Å². The standard InChI is InChI=1S/C17H15F3O2/c1-12(14-8-5-9-15(10-14)17(18,19)20)16(21)22-11-13-6-3-2-4-7-13/h2-10,12H,11H2,1H3/t12-/m0/s1. The average molecular weight is 308 g/mol. The van der Waals surface area contributed by atoms with Crippen molar-refractivity contribution < 1.29 is 22.7 Å². The van der Waals surface area contributed by atoms with Crippen LogP contribution in [0.4, 0.5) is 13.2 Å². The van der Waals surface area contributed by atoms with Crippen molar-refractivity contribution in [1.29, 1.82) is 0 Å². The van der Waals surface area contributed by atoms with Crippen LogP contribution >= 0.6 is 0 Å². The first kappa shape index (κ1) is 16.1. The summed E-state index contributed by atoms with van der Waals surface area (Å²) in [4.78, 5) is 12.0. The van der Waals surface area contributed by atoms with E-state index >= 15 is 0 Å². The summed E-state index contributed by atoms with van der Waals surface area (Å²) in [5, 5.41) is 0. The summed E-state index contributed by atoms with van der Waals surface area (Å²) in [5.41, 5.74) is 0.340. The molecular formula is C17H15F3O2. The summed E-state index contributed by atoms with van der Waals surface area (Å²) >= 11 is 0. The van der Waals surface area contributed by atoms with Crippen LogP contribution in [0, 0.1) is 0 Å². The summed E-state index contributed by atoms with van der Waals surface area (Å²) in [7, 11) is 0. The number of alkyl halides is 3. The van der Waals surface area contributed by atoms with Crippen LogP contribution in [0.1, 0.15) is 29.5 Å². The van der Waals surface area contributed by atoms with Crippen LogP contribution in [0.5, 0.6) is 0 Å². The fourth-order valence-electron chi connectivity index (χ4n) is 1.97. The summed E-state index contributed by atoms with van der Waals surface area (Å²) in [5.74, 6) is -1.31. The number of halogens is 3. The molecule has 2 aromatic carbocycles. The Morgan fingerprint density at radius 1 is 1.09 bits per heavy atom. The molecule has 116 valence electrons. The van der Waals surface area contributed by atoms with Gasteiger partial charge in [-0.1, -0.05) is 48.5 Å². The molecule has 22 heavy (non-hydrogen) atoms. The van der Waals surface area contributed by atoms with Crippen molar-refractivity contribution in [3.8, 4) is 0 Å². The van der Waals surface area contributed by atoms with Gasteiger partial charge in [0, 0.05) is 0 Å². The topological polar surface area (TPSA) is 26.3 Å². The van der Waals surface area contributed by atoms with E-state index in [0.29, 0.717) is 0 Å². The van der Waals surface area contributed by atoms with Crippen molar-refractivity contribution >= 4 is 5.97 Å². The molecule has 5 heteroatoms. The van der Waals surface area contributed by atoms with Gasteiger partial charge in [0.15, 0.2) is 0 Å². The highest BCUT2D eigenvalue weighted by atomic mass is 19.4. The molecule has 0 amide bonds. The van der Waals surface area contributed by atoms with Gasteiger partial charge < -0.3 is 4.74 Å². The van der Waals surface area contributed by atoms with Crippen LogP contribution in [-0.2, 0) is 22.3 Å². The molecule has 1 atom stereocenters. The van der Waals surface area contributed by atoms with Gasteiger partial charge in [0.1, 0.15) is 6.61 Å². The number of carbonyl (C=O) groups is 1. The molecule has 0 aliphatic heterocycles. The largest absolute Gasteiger partial charge is 0.460 e. The second-order valence-electron chi connectivity index (χ2n) is 4.94. The average Bonchev–Trinajstić information content (AvgIpc) is 2.52. The van der Waals surface area contributed by atoms with E-state index in [1.165, 1.54) is 19.1 Å². The Labute approximate surface area is 126 Å². The van der Waals surface area contributed by atoms with Gasteiger partial charge in [-0.15, -0.1) is 0 Å². The number of hydrogen-bond acceptors (Lipinski definition) is 2. The van der Waals surface area contributed by atoms with Gasteiger partial charge in [0.2, 0.25) is 0 Å². The smallest absolute Gasteiger partial charge is 0.416 e. The predicted molar refractivity (Wildman–Crippen MR) is 76.1 cm³/mol. The first-order valence-electron chi connectivity index (χ1n) is 6.75. The Hall–Kier alpha value is -2.30. The molecule has 0 radical (unpaired) electrons. The van der Waals surface area contributed by atoms with Crippen molar-refractivity contribution in [3.63, 3.8) is 0 Å². The third-order valence-corrected chi connectivity index (χ3v) is 3.29. The molecule has 0 aliphatic carbocycles. The van der Waals surface area contributed by atoms with Crippen LogP contribution in [-0.4, -0.2) is 5.97 Å². The van der Waals surface area contributed by atoms with Crippen LogP contribution in [0.25, 0.3) is 0 Å². The van der Waals surface area contributed by atoms with E-state index in [9.17, 15) is 18.0 Å². The van der Waals surface area contributed by atoms with Crippen LogP contribution < -0.4 is 0 Å². The lowest BCUT2D eigenvalue weighted by atomic mass is 9.99. The van der Waals surface area contributed by atoms with E-state index < -0.39 is 23.6 Å². The second-order valence-corrected chi connectivity index (χ2v) is 4.94. The Bertz CT molecular complexity index is 636. The zero-order valence-electron chi connectivity index (χ0n) is 11.9. The minimum absolute atomic E-state index is 0.100. The monoisotopic (exact) mass is 308 g/mol. The van der Waals surface area contributed by atoms with Crippen molar-refractivity contribution in [2.45, 2.75) is 25.6 Å². The molecule has 2 aromatic rings. The second kappa shape index (κ2) is 6.64. The highest BCUT2D eigenvalue weighted by molar-refractivity contribution is 5.77. The van der Waals surface area contributed by atoms with E-state index in [-0.39, 0.29) is 12.2 Å². The summed E-state index contributed by atoms with van der Waals surface area (Å²) in [6.07, 6.45) is -4.43. The summed E-state index contributed by atoms with van der Waals surface area (Å²) < 4.78 is 43.2. The maximum atomic E-state index is 12.7. The van der Waals surface area contributed by atoms with Gasteiger partial charge in [0.05, 0.1) is 11.5 Å². The van der Waals surface area contributed by atoms with Crippen molar-refractivity contribution in [2.75, 3.05) is 0 Å².